The van der Waals surface area contributed by atoms with Gasteiger partial charge in [0, 0.05) is 39.2 Å². The van der Waals surface area contributed by atoms with Crippen LogP contribution in [0.5, 0.6) is 0 Å². The van der Waals surface area contributed by atoms with Gasteiger partial charge in [-0.15, -0.1) is 12.4 Å². The standard InChI is InChI=1S/C16H24N4O2.ClH/c21-16(6-4-14-2-1-11-22-14)19-15-5-3-13(12-18-15)20-9-7-17-8-10-20;/h3,5,12,14,17H,1-2,4,6-11H2,(H,18,19,21);1H. The second kappa shape index (κ2) is 9.05. The normalized spacial score (nSPS) is 20.9. The third kappa shape index (κ3) is 5.34. The summed E-state index contributed by atoms with van der Waals surface area (Å²) in [5.74, 6) is 0.633. The van der Waals surface area contributed by atoms with E-state index in [0.717, 1.165) is 57.7 Å². The maximum absolute atomic E-state index is 11.9. The Morgan fingerprint density at radius 1 is 1.39 bits per heavy atom. The van der Waals surface area contributed by atoms with Gasteiger partial charge in [0.05, 0.1) is 18.0 Å². The molecule has 2 fully saturated rings. The molecule has 128 valence electrons. The first-order valence-electron chi connectivity index (χ1n) is 8.14. The van der Waals surface area contributed by atoms with E-state index in [2.05, 4.69) is 20.5 Å². The number of carbonyl (C=O) groups excluding carboxylic acids is 1. The fourth-order valence-electron chi connectivity index (χ4n) is 2.94. The Hall–Kier alpha value is -1.37. The number of nitrogens with one attached hydrogen (secondary N) is 2. The predicted molar refractivity (Wildman–Crippen MR) is 93.4 cm³/mol. The van der Waals surface area contributed by atoms with Crippen molar-refractivity contribution in [3.05, 3.63) is 18.3 Å². The molecule has 0 bridgehead atoms. The summed E-state index contributed by atoms with van der Waals surface area (Å²) in [6, 6.07) is 3.90. The maximum atomic E-state index is 11.9. The molecule has 6 nitrogen and oxygen atoms in total. The molecular formula is C16H25ClN4O2. The molecule has 3 rings (SSSR count). The van der Waals surface area contributed by atoms with Crippen LogP contribution in [0.25, 0.3) is 0 Å². The van der Waals surface area contributed by atoms with Gasteiger partial charge in [0.15, 0.2) is 0 Å². The highest BCUT2D eigenvalue weighted by atomic mass is 35.5. The first-order chi connectivity index (χ1) is 10.8. The van der Waals surface area contributed by atoms with Crippen molar-refractivity contribution in [3.8, 4) is 0 Å². The summed E-state index contributed by atoms with van der Waals surface area (Å²) < 4.78 is 5.53. The number of hydrogen-bond donors (Lipinski definition) is 2. The van der Waals surface area contributed by atoms with Gasteiger partial charge in [-0.2, -0.15) is 0 Å². The largest absolute Gasteiger partial charge is 0.378 e. The number of rotatable bonds is 5. The number of nitrogens with zero attached hydrogens (tertiary/aromatic N) is 2. The van der Waals surface area contributed by atoms with Crippen molar-refractivity contribution in [2.24, 2.45) is 0 Å². The van der Waals surface area contributed by atoms with E-state index in [1.165, 1.54) is 0 Å². The number of anilines is 2. The molecule has 1 atom stereocenters. The van der Waals surface area contributed by atoms with Gasteiger partial charge in [-0.25, -0.2) is 4.98 Å². The van der Waals surface area contributed by atoms with Gasteiger partial charge < -0.3 is 20.3 Å². The number of carbonyl (C=O) groups is 1. The molecule has 0 saturated carbocycles. The van der Waals surface area contributed by atoms with Crippen molar-refractivity contribution in [1.82, 2.24) is 10.3 Å². The zero-order valence-electron chi connectivity index (χ0n) is 13.3. The van der Waals surface area contributed by atoms with Crippen molar-refractivity contribution in [3.63, 3.8) is 0 Å². The van der Waals surface area contributed by atoms with Crippen molar-refractivity contribution < 1.29 is 9.53 Å². The van der Waals surface area contributed by atoms with Gasteiger partial charge >= 0.3 is 0 Å². The van der Waals surface area contributed by atoms with Crippen molar-refractivity contribution in [2.45, 2.75) is 31.8 Å². The van der Waals surface area contributed by atoms with Crippen molar-refractivity contribution >= 4 is 29.8 Å². The number of ether oxygens (including phenoxy) is 1. The molecule has 23 heavy (non-hydrogen) atoms. The van der Waals surface area contributed by atoms with Gasteiger partial charge in [-0.3, -0.25) is 4.79 Å². The van der Waals surface area contributed by atoms with E-state index < -0.39 is 0 Å². The third-order valence-electron chi connectivity index (χ3n) is 4.21. The molecule has 2 saturated heterocycles. The van der Waals surface area contributed by atoms with E-state index in [0.29, 0.717) is 12.2 Å². The van der Waals surface area contributed by atoms with Crippen molar-refractivity contribution in [1.29, 1.82) is 0 Å². The Morgan fingerprint density at radius 2 is 2.22 bits per heavy atom. The van der Waals surface area contributed by atoms with Gasteiger partial charge in [0.25, 0.3) is 0 Å². The molecular weight excluding hydrogens is 316 g/mol. The van der Waals surface area contributed by atoms with E-state index in [-0.39, 0.29) is 24.4 Å². The molecule has 0 aromatic carbocycles. The summed E-state index contributed by atoms with van der Waals surface area (Å²) >= 11 is 0. The van der Waals surface area contributed by atoms with E-state index in [1.807, 2.05) is 18.3 Å². The molecule has 1 aromatic rings. The number of pyridine rings is 1. The van der Waals surface area contributed by atoms with Crippen LogP contribution in [0.2, 0.25) is 0 Å². The number of hydrogen-bond acceptors (Lipinski definition) is 5. The fourth-order valence-corrected chi connectivity index (χ4v) is 2.94. The molecule has 3 heterocycles. The van der Waals surface area contributed by atoms with Crippen LogP contribution >= 0.6 is 12.4 Å². The summed E-state index contributed by atoms with van der Waals surface area (Å²) in [5.41, 5.74) is 1.11. The highest BCUT2D eigenvalue weighted by Gasteiger charge is 2.17. The molecule has 0 radical (unpaired) electrons. The quantitative estimate of drug-likeness (QED) is 0.855. The SMILES string of the molecule is Cl.O=C(CCC1CCCO1)Nc1ccc(N2CCNCC2)cn1. The molecule has 2 aliphatic rings. The first-order valence-corrected chi connectivity index (χ1v) is 8.14. The zero-order chi connectivity index (χ0) is 15.2. The van der Waals surface area contributed by atoms with E-state index in [1.54, 1.807) is 0 Å². The maximum Gasteiger partial charge on any atom is 0.225 e. The minimum absolute atomic E-state index is 0. The van der Waals surface area contributed by atoms with Crippen LogP contribution in [-0.2, 0) is 9.53 Å². The zero-order valence-corrected chi connectivity index (χ0v) is 14.1. The lowest BCUT2D eigenvalue weighted by Crippen LogP contribution is -2.43. The number of amides is 1. The van der Waals surface area contributed by atoms with Gasteiger partial charge in [-0.1, -0.05) is 0 Å². The van der Waals surface area contributed by atoms with Gasteiger partial charge in [0.2, 0.25) is 5.91 Å². The predicted octanol–water partition coefficient (Wildman–Crippen LogP) is 1.81. The van der Waals surface area contributed by atoms with Crippen LogP contribution < -0.4 is 15.5 Å². The second-order valence-corrected chi connectivity index (χ2v) is 5.86. The number of aromatic nitrogens is 1. The molecule has 0 aliphatic carbocycles. The lowest BCUT2D eigenvalue weighted by atomic mass is 10.1. The monoisotopic (exact) mass is 340 g/mol. The highest BCUT2D eigenvalue weighted by molar-refractivity contribution is 5.89. The lowest BCUT2D eigenvalue weighted by Gasteiger charge is -2.29. The topological polar surface area (TPSA) is 66.5 Å². The Kier molecular flexibility index (Phi) is 7.08. The molecule has 1 aromatic heterocycles. The average molecular weight is 341 g/mol. The van der Waals surface area contributed by atoms with Crippen LogP contribution in [-0.4, -0.2) is 49.8 Å². The Bertz CT molecular complexity index is 485. The lowest BCUT2D eigenvalue weighted by molar-refractivity contribution is -0.116. The van der Waals surface area contributed by atoms with Crippen LogP contribution in [0.4, 0.5) is 11.5 Å². The van der Waals surface area contributed by atoms with Gasteiger partial charge in [0.1, 0.15) is 5.82 Å². The van der Waals surface area contributed by atoms with E-state index in [4.69, 9.17) is 4.74 Å². The van der Waals surface area contributed by atoms with Crippen LogP contribution in [0, 0.1) is 0 Å². The summed E-state index contributed by atoms with van der Waals surface area (Å²) in [6.07, 6.45) is 5.57. The Labute approximate surface area is 143 Å². The molecule has 1 amide bonds. The molecule has 0 spiro atoms. The third-order valence-corrected chi connectivity index (χ3v) is 4.21. The molecule has 2 N–H and O–H groups in total. The molecule has 2 aliphatic heterocycles. The summed E-state index contributed by atoms with van der Waals surface area (Å²) in [7, 11) is 0. The first kappa shape index (κ1) is 18.0. The summed E-state index contributed by atoms with van der Waals surface area (Å²) in [4.78, 5) is 18.6. The minimum atomic E-state index is 0. The highest BCUT2D eigenvalue weighted by Crippen LogP contribution is 2.18. The number of halogens is 1. The van der Waals surface area contributed by atoms with Crippen LogP contribution in [0.3, 0.4) is 0 Å². The van der Waals surface area contributed by atoms with E-state index >= 15 is 0 Å². The average Bonchev–Trinajstić information content (AvgIpc) is 3.08. The minimum Gasteiger partial charge on any atom is -0.378 e. The Balaban J connectivity index is 0.00000192. The number of piperazine rings is 1. The Morgan fingerprint density at radius 3 is 2.87 bits per heavy atom. The van der Waals surface area contributed by atoms with Crippen molar-refractivity contribution in [2.75, 3.05) is 43.0 Å². The van der Waals surface area contributed by atoms with Crippen LogP contribution in [0.15, 0.2) is 18.3 Å². The summed E-state index contributed by atoms with van der Waals surface area (Å²) in [6.45, 7) is 4.83. The second-order valence-electron chi connectivity index (χ2n) is 5.86. The van der Waals surface area contributed by atoms with E-state index in [9.17, 15) is 4.79 Å². The molecule has 7 heteroatoms. The van der Waals surface area contributed by atoms with Gasteiger partial charge in [-0.05, 0) is 31.4 Å². The fraction of sp³-hybridized carbons (Fsp3) is 0.625. The smallest absolute Gasteiger partial charge is 0.225 e. The van der Waals surface area contributed by atoms with Crippen LogP contribution in [0.1, 0.15) is 25.7 Å². The molecule has 1 unspecified atom stereocenters. The summed E-state index contributed by atoms with van der Waals surface area (Å²) in [5, 5.41) is 6.19.